The number of amides is 2. The number of carbonyl (C=O) groups is 1. The first-order chi connectivity index (χ1) is 15.3. The molecule has 1 N–H and O–H groups in total. The van der Waals surface area contributed by atoms with E-state index in [0.717, 1.165) is 28.5 Å². The standard InChI is InChI=1S/C23H31Cl2N5O2/c1-6-17-21(15-10-9-14(24)11-16(15)25)26-18(7-2)22(27-17)28-19-12-30(23(31)29(4)5)13-20(19)32-8-3/h9-11,19-20H,6-8,12-13H2,1-5H3,(H,27,28)/t19-,20+/m0/s1. The molecule has 0 radical (unpaired) electrons. The summed E-state index contributed by atoms with van der Waals surface area (Å²) in [6, 6.07) is 5.31. The minimum absolute atomic E-state index is 0.0252. The Bertz CT molecular complexity index is 970. The van der Waals surface area contributed by atoms with E-state index in [1.807, 2.05) is 32.9 Å². The summed E-state index contributed by atoms with van der Waals surface area (Å²) in [5.41, 5.74) is 3.28. The lowest BCUT2D eigenvalue weighted by molar-refractivity contribution is 0.0644. The summed E-state index contributed by atoms with van der Waals surface area (Å²) in [4.78, 5) is 25.7. The molecule has 1 fully saturated rings. The molecule has 3 rings (SSSR count). The first-order valence-corrected chi connectivity index (χ1v) is 11.7. The Labute approximate surface area is 200 Å². The lowest BCUT2D eigenvalue weighted by Crippen LogP contribution is -2.38. The van der Waals surface area contributed by atoms with Crippen LogP contribution in [0.2, 0.25) is 10.0 Å². The highest BCUT2D eigenvalue weighted by atomic mass is 35.5. The maximum atomic E-state index is 12.5. The molecule has 1 aliphatic rings. The van der Waals surface area contributed by atoms with Crippen LogP contribution in [-0.4, -0.2) is 71.7 Å². The Hall–Kier alpha value is -2.09. The Kier molecular flexibility index (Phi) is 8.20. The molecular formula is C23H31Cl2N5O2. The minimum atomic E-state index is -0.120. The van der Waals surface area contributed by atoms with Crippen molar-refractivity contribution in [1.82, 2.24) is 19.8 Å². The number of benzene rings is 1. The topological polar surface area (TPSA) is 70.6 Å². The largest absolute Gasteiger partial charge is 0.374 e. The van der Waals surface area contributed by atoms with Crippen molar-refractivity contribution >= 4 is 35.1 Å². The third-order valence-corrected chi connectivity index (χ3v) is 6.07. The van der Waals surface area contributed by atoms with E-state index in [1.54, 1.807) is 30.0 Å². The monoisotopic (exact) mass is 479 g/mol. The number of anilines is 1. The second-order valence-electron chi connectivity index (χ2n) is 7.97. The van der Waals surface area contributed by atoms with Crippen LogP contribution in [0, 0.1) is 0 Å². The summed E-state index contributed by atoms with van der Waals surface area (Å²) in [6.07, 6.45) is 1.28. The zero-order valence-corrected chi connectivity index (χ0v) is 20.8. The van der Waals surface area contributed by atoms with Gasteiger partial charge in [0.2, 0.25) is 0 Å². The quantitative estimate of drug-likeness (QED) is 0.619. The molecule has 0 aliphatic carbocycles. The molecule has 0 saturated carbocycles. The number of nitrogens with zero attached hydrogens (tertiary/aromatic N) is 4. The van der Waals surface area contributed by atoms with E-state index >= 15 is 0 Å². The van der Waals surface area contributed by atoms with Crippen molar-refractivity contribution in [2.45, 2.75) is 45.8 Å². The van der Waals surface area contributed by atoms with Crippen LogP contribution < -0.4 is 5.32 Å². The summed E-state index contributed by atoms with van der Waals surface area (Å²) in [5.74, 6) is 0.729. The van der Waals surface area contributed by atoms with Crippen molar-refractivity contribution in [3.8, 4) is 11.3 Å². The number of ether oxygens (including phenoxy) is 1. The second kappa shape index (κ2) is 10.7. The highest BCUT2D eigenvalue weighted by molar-refractivity contribution is 6.36. The van der Waals surface area contributed by atoms with Crippen LogP contribution in [0.1, 0.15) is 32.2 Å². The molecule has 1 aromatic carbocycles. The van der Waals surface area contributed by atoms with Gasteiger partial charge in [0, 0.05) is 37.8 Å². The fraction of sp³-hybridized carbons (Fsp3) is 0.522. The van der Waals surface area contributed by atoms with E-state index in [9.17, 15) is 4.79 Å². The van der Waals surface area contributed by atoms with Crippen LogP contribution in [0.5, 0.6) is 0 Å². The molecule has 1 aromatic heterocycles. The second-order valence-corrected chi connectivity index (χ2v) is 8.82. The summed E-state index contributed by atoms with van der Waals surface area (Å²) >= 11 is 12.5. The van der Waals surface area contributed by atoms with Gasteiger partial charge in [-0.15, -0.1) is 0 Å². The summed E-state index contributed by atoms with van der Waals surface area (Å²) in [5, 5.41) is 4.66. The van der Waals surface area contributed by atoms with Crippen LogP contribution in [0.3, 0.4) is 0 Å². The SMILES string of the molecule is CCO[C@@H]1CN(C(=O)N(C)C)C[C@@H]1Nc1nc(CC)c(-c2ccc(Cl)cc2Cl)nc1CC. The Morgan fingerprint density at radius 3 is 2.47 bits per heavy atom. The van der Waals surface area contributed by atoms with Gasteiger partial charge in [0.05, 0.1) is 40.8 Å². The van der Waals surface area contributed by atoms with E-state index in [2.05, 4.69) is 5.32 Å². The molecule has 7 nitrogen and oxygen atoms in total. The fourth-order valence-corrected chi connectivity index (χ4v) is 4.42. The minimum Gasteiger partial charge on any atom is -0.374 e. The Morgan fingerprint density at radius 1 is 1.16 bits per heavy atom. The van der Waals surface area contributed by atoms with Crippen molar-refractivity contribution < 1.29 is 9.53 Å². The fourth-order valence-electron chi connectivity index (χ4n) is 3.92. The van der Waals surface area contributed by atoms with E-state index < -0.39 is 0 Å². The molecular weight excluding hydrogens is 449 g/mol. The van der Waals surface area contributed by atoms with Crippen LogP contribution >= 0.6 is 23.2 Å². The third kappa shape index (κ3) is 5.27. The van der Waals surface area contributed by atoms with Gasteiger partial charge in [0.1, 0.15) is 5.82 Å². The number of nitrogens with one attached hydrogen (secondary N) is 1. The van der Waals surface area contributed by atoms with Gasteiger partial charge in [-0.25, -0.2) is 14.8 Å². The summed E-state index contributed by atoms with van der Waals surface area (Å²) in [6.45, 7) is 7.71. The van der Waals surface area contributed by atoms with Gasteiger partial charge in [0.25, 0.3) is 0 Å². The van der Waals surface area contributed by atoms with E-state index in [4.69, 9.17) is 37.9 Å². The van der Waals surface area contributed by atoms with E-state index in [-0.39, 0.29) is 18.2 Å². The molecule has 2 heterocycles. The maximum absolute atomic E-state index is 12.5. The molecule has 1 aliphatic heterocycles. The number of aryl methyl sites for hydroxylation is 2. The van der Waals surface area contributed by atoms with E-state index in [0.29, 0.717) is 42.6 Å². The van der Waals surface area contributed by atoms with Gasteiger partial charge in [-0.1, -0.05) is 37.0 Å². The van der Waals surface area contributed by atoms with E-state index in [1.165, 1.54) is 0 Å². The van der Waals surface area contributed by atoms with Crippen molar-refractivity contribution in [2.75, 3.05) is 39.1 Å². The molecule has 2 aromatic rings. The number of hydrogen-bond acceptors (Lipinski definition) is 5. The molecule has 174 valence electrons. The first kappa shape index (κ1) is 24.6. The molecule has 0 unspecified atom stereocenters. The molecule has 0 bridgehead atoms. The van der Waals surface area contributed by atoms with Crippen LogP contribution in [0.25, 0.3) is 11.3 Å². The van der Waals surface area contributed by atoms with Crippen LogP contribution in [0.15, 0.2) is 18.2 Å². The van der Waals surface area contributed by atoms with Gasteiger partial charge < -0.3 is 19.9 Å². The highest BCUT2D eigenvalue weighted by Crippen LogP contribution is 2.33. The zero-order chi connectivity index (χ0) is 23.4. The van der Waals surface area contributed by atoms with Gasteiger partial charge in [-0.05, 0) is 38.0 Å². The van der Waals surface area contributed by atoms with Crippen LogP contribution in [-0.2, 0) is 17.6 Å². The average molecular weight is 480 g/mol. The number of halogens is 2. The molecule has 9 heteroatoms. The molecule has 2 amide bonds. The van der Waals surface area contributed by atoms with Gasteiger partial charge in [0.15, 0.2) is 0 Å². The first-order valence-electron chi connectivity index (χ1n) is 11.0. The van der Waals surface area contributed by atoms with Crippen molar-refractivity contribution in [1.29, 1.82) is 0 Å². The lowest BCUT2D eigenvalue weighted by atomic mass is 10.1. The number of aromatic nitrogens is 2. The number of rotatable bonds is 7. The van der Waals surface area contributed by atoms with Gasteiger partial charge >= 0.3 is 6.03 Å². The Balaban J connectivity index is 1.94. The van der Waals surface area contributed by atoms with Gasteiger partial charge in [-0.2, -0.15) is 0 Å². The third-order valence-electron chi connectivity index (χ3n) is 5.52. The van der Waals surface area contributed by atoms with Crippen molar-refractivity contribution in [3.05, 3.63) is 39.6 Å². The smallest absolute Gasteiger partial charge is 0.319 e. The van der Waals surface area contributed by atoms with Crippen LogP contribution in [0.4, 0.5) is 10.6 Å². The lowest BCUT2D eigenvalue weighted by Gasteiger charge is -2.22. The number of likely N-dealkylation sites (tertiary alicyclic amines) is 1. The summed E-state index contributed by atoms with van der Waals surface area (Å²) in [7, 11) is 3.52. The number of urea groups is 1. The molecule has 0 spiro atoms. The normalized spacial score (nSPS) is 18.2. The number of carbonyl (C=O) groups excluding carboxylic acids is 1. The highest BCUT2D eigenvalue weighted by Gasteiger charge is 2.37. The molecule has 2 atom stereocenters. The zero-order valence-electron chi connectivity index (χ0n) is 19.3. The predicted octanol–water partition coefficient (Wildman–Crippen LogP) is 4.76. The number of hydrogen-bond donors (Lipinski definition) is 1. The maximum Gasteiger partial charge on any atom is 0.319 e. The molecule has 1 saturated heterocycles. The summed E-state index contributed by atoms with van der Waals surface area (Å²) < 4.78 is 5.94. The van der Waals surface area contributed by atoms with Crippen molar-refractivity contribution in [3.63, 3.8) is 0 Å². The predicted molar refractivity (Wildman–Crippen MR) is 130 cm³/mol. The average Bonchev–Trinajstić information content (AvgIpc) is 3.15. The molecule has 32 heavy (non-hydrogen) atoms. The van der Waals surface area contributed by atoms with Gasteiger partial charge in [-0.3, -0.25) is 0 Å². The Morgan fingerprint density at radius 2 is 1.88 bits per heavy atom. The van der Waals surface area contributed by atoms with Crippen molar-refractivity contribution in [2.24, 2.45) is 0 Å².